The van der Waals surface area contributed by atoms with Crippen molar-refractivity contribution in [2.24, 2.45) is 0 Å². The van der Waals surface area contributed by atoms with Crippen molar-refractivity contribution in [3.8, 4) is 0 Å². The first-order valence-electron chi connectivity index (χ1n) is 7.97. The third-order valence-electron chi connectivity index (χ3n) is 3.56. The van der Waals surface area contributed by atoms with Crippen molar-refractivity contribution in [1.82, 2.24) is 15.0 Å². The van der Waals surface area contributed by atoms with Gasteiger partial charge < -0.3 is 10.6 Å². The van der Waals surface area contributed by atoms with Crippen LogP contribution in [-0.4, -0.2) is 20.7 Å². The summed E-state index contributed by atoms with van der Waals surface area (Å²) in [5, 5.41) is 6.47. The number of carbonyl (C=O) groups excluding carboxylic acids is 1. The molecule has 0 saturated heterocycles. The summed E-state index contributed by atoms with van der Waals surface area (Å²) in [6.45, 7) is 3.97. The van der Waals surface area contributed by atoms with E-state index >= 15 is 0 Å². The minimum absolute atomic E-state index is 0.0280. The molecule has 0 aliphatic carbocycles. The van der Waals surface area contributed by atoms with Crippen molar-refractivity contribution in [3.05, 3.63) is 71.8 Å². The Morgan fingerprint density at radius 1 is 1.04 bits per heavy atom. The monoisotopic (exact) mass is 333 g/mol. The number of rotatable bonds is 6. The van der Waals surface area contributed by atoms with Crippen LogP contribution in [0.4, 0.5) is 17.3 Å². The zero-order valence-corrected chi connectivity index (χ0v) is 14.2. The van der Waals surface area contributed by atoms with Gasteiger partial charge in [0, 0.05) is 23.5 Å². The molecule has 0 fully saturated rings. The fraction of sp³-hybridized carbons (Fsp3) is 0.158. The molecule has 6 nitrogen and oxygen atoms in total. The van der Waals surface area contributed by atoms with E-state index in [1.165, 1.54) is 0 Å². The number of nitrogens with one attached hydrogen (secondary N) is 2. The first-order chi connectivity index (χ1) is 12.1. The normalized spacial score (nSPS) is 10.3. The summed E-state index contributed by atoms with van der Waals surface area (Å²) in [6, 6.07) is 14.9. The molecule has 0 aliphatic heterocycles. The number of pyridine rings is 1. The standard InChI is InChI=1S/C19H19N5O/c1-13(25)15-6-5-8-16(10-15)24-19-11-18(22-14(2)23-19)21-12-17-7-3-4-9-20-17/h3-11H,12H2,1-2H3,(H2,21,22,23,24). The number of ketones is 1. The summed E-state index contributed by atoms with van der Waals surface area (Å²) in [7, 11) is 0. The van der Waals surface area contributed by atoms with Gasteiger partial charge >= 0.3 is 0 Å². The predicted molar refractivity (Wildman–Crippen MR) is 98.1 cm³/mol. The molecule has 0 spiro atoms. The molecule has 2 N–H and O–H groups in total. The molecule has 0 atom stereocenters. The van der Waals surface area contributed by atoms with E-state index in [0.29, 0.717) is 29.6 Å². The Hall–Kier alpha value is -3.28. The molecule has 6 heteroatoms. The van der Waals surface area contributed by atoms with Gasteiger partial charge in [-0.15, -0.1) is 0 Å². The van der Waals surface area contributed by atoms with Gasteiger partial charge in [0.05, 0.1) is 12.2 Å². The third-order valence-corrected chi connectivity index (χ3v) is 3.56. The summed E-state index contributed by atoms with van der Waals surface area (Å²) >= 11 is 0. The molecular weight excluding hydrogens is 314 g/mol. The van der Waals surface area contributed by atoms with Gasteiger partial charge in [-0.3, -0.25) is 9.78 Å². The molecule has 0 bridgehead atoms. The van der Waals surface area contributed by atoms with E-state index in [-0.39, 0.29) is 5.78 Å². The highest BCUT2D eigenvalue weighted by Gasteiger charge is 2.05. The second kappa shape index (κ2) is 7.53. The van der Waals surface area contributed by atoms with E-state index in [0.717, 1.165) is 11.4 Å². The second-order valence-electron chi connectivity index (χ2n) is 5.62. The van der Waals surface area contributed by atoms with Crippen LogP contribution < -0.4 is 10.6 Å². The van der Waals surface area contributed by atoms with Crippen LogP contribution in [0.1, 0.15) is 28.8 Å². The highest BCUT2D eigenvalue weighted by atomic mass is 16.1. The highest BCUT2D eigenvalue weighted by Crippen LogP contribution is 2.19. The third kappa shape index (κ3) is 4.60. The molecule has 0 saturated carbocycles. The Labute approximate surface area is 146 Å². The lowest BCUT2D eigenvalue weighted by Gasteiger charge is -2.10. The fourth-order valence-electron chi connectivity index (χ4n) is 2.37. The molecule has 25 heavy (non-hydrogen) atoms. The largest absolute Gasteiger partial charge is 0.364 e. The topological polar surface area (TPSA) is 79.8 Å². The summed E-state index contributed by atoms with van der Waals surface area (Å²) in [5.41, 5.74) is 2.40. The predicted octanol–water partition coefficient (Wildman–Crippen LogP) is 3.74. The first kappa shape index (κ1) is 16.6. The van der Waals surface area contributed by atoms with E-state index in [1.807, 2.05) is 43.3 Å². The average molecular weight is 333 g/mol. The zero-order chi connectivity index (χ0) is 17.6. The van der Waals surface area contributed by atoms with Crippen molar-refractivity contribution in [1.29, 1.82) is 0 Å². The quantitative estimate of drug-likeness (QED) is 0.669. The molecule has 2 aromatic heterocycles. The summed E-state index contributed by atoms with van der Waals surface area (Å²) in [6.07, 6.45) is 1.76. The summed E-state index contributed by atoms with van der Waals surface area (Å²) in [5.74, 6) is 2.05. The molecule has 3 rings (SSSR count). The number of nitrogens with zero attached hydrogens (tertiary/aromatic N) is 3. The Balaban J connectivity index is 1.75. The maximum Gasteiger partial charge on any atom is 0.159 e. The van der Waals surface area contributed by atoms with Crippen molar-refractivity contribution in [2.45, 2.75) is 20.4 Å². The number of benzene rings is 1. The number of hydrogen-bond donors (Lipinski definition) is 2. The van der Waals surface area contributed by atoms with Crippen LogP contribution in [0, 0.1) is 6.92 Å². The van der Waals surface area contributed by atoms with Crippen LogP contribution in [0.3, 0.4) is 0 Å². The molecule has 0 radical (unpaired) electrons. The van der Waals surface area contributed by atoms with Gasteiger partial charge in [0.15, 0.2) is 5.78 Å². The van der Waals surface area contributed by atoms with Gasteiger partial charge in [-0.25, -0.2) is 9.97 Å². The molecular formula is C19H19N5O. The molecule has 3 aromatic rings. The van der Waals surface area contributed by atoms with Crippen molar-refractivity contribution in [3.63, 3.8) is 0 Å². The molecule has 0 aliphatic rings. The van der Waals surface area contributed by atoms with E-state index in [1.54, 1.807) is 25.3 Å². The number of hydrogen-bond acceptors (Lipinski definition) is 6. The van der Waals surface area contributed by atoms with E-state index in [4.69, 9.17) is 0 Å². The summed E-state index contributed by atoms with van der Waals surface area (Å²) in [4.78, 5) is 24.6. The summed E-state index contributed by atoms with van der Waals surface area (Å²) < 4.78 is 0. The van der Waals surface area contributed by atoms with E-state index in [9.17, 15) is 4.79 Å². The maximum atomic E-state index is 11.5. The Bertz CT molecular complexity index is 880. The minimum atomic E-state index is 0.0280. The lowest BCUT2D eigenvalue weighted by atomic mass is 10.1. The van der Waals surface area contributed by atoms with Gasteiger partial charge in [-0.2, -0.15) is 0 Å². The Morgan fingerprint density at radius 2 is 1.88 bits per heavy atom. The number of anilines is 3. The number of aromatic nitrogens is 3. The van der Waals surface area contributed by atoms with Crippen LogP contribution in [0.15, 0.2) is 54.7 Å². The van der Waals surface area contributed by atoms with Crippen LogP contribution in [0.2, 0.25) is 0 Å². The first-order valence-corrected chi connectivity index (χ1v) is 7.97. The number of aryl methyl sites for hydroxylation is 1. The molecule has 126 valence electrons. The van der Waals surface area contributed by atoms with Crippen LogP contribution in [0.5, 0.6) is 0 Å². The molecule has 0 amide bonds. The smallest absolute Gasteiger partial charge is 0.159 e. The van der Waals surface area contributed by atoms with E-state index < -0.39 is 0 Å². The molecule has 2 heterocycles. The van der Waals surface area contributed by atoms with Crippen molar-refractivity contribution < 1.29 is 4.79 Å². The van der Waals surface area contributed by atoms with Gasteiger partial charge in [0.2, 0.25) is 0 Å². The van der Waals surface area contributed by atoms with Crippen molar-refractivity contribution in [2.75, 3.05) is 10.6 Å². The van der Waals surface area contributed by atoms with Gasteiger partial charge in [-0.05, 0) is 38.1 Å². The average Bonchev–Trinajstić information content (AvgIpc) is 2.60. The lowest BCUT2D eigenvalue weighted by Crippen LogP contribution is -2.06. The van der Waals surface area contributed by atoms with Gasteiger partial charge in [0.1, 0.15) is 17.5 Å². The van der Waals surface area contributed by atoms with Gasteiger partial charge in [0.25, 0.3) is 0 Å². The van der Waals surface area contributed by atoms with Gasteiger partial charge in [-0.1, -0.05) is 18.2 Å². The Morgan fingerprint density at radius 3 is 2.64 bits per heavy atom. The van der Waals surface area contributed by atoms with E-state index in [2.05, 4.69) is 25.6 Å². The van der Waals surface area contributed by atoms with Crippen LogP contribution in [0.25, 0.3) is 0 Å². The van der Waals surface area contributed by atoms with Crippen molar-refractivity contribution >= 4 is 23.1 Å². The molecule has 0 unspecified atom stereocenters. The zero-order valence-electron chi connectivity index (χ0n) is 14.2. The fourth-order valence-corrected chi connectivity index (χ4v) is 2.37. The maximum absolute atomic E-state index is 11.5. The lowest BCUT2D eigenvalue weighted by molar-refractivity contribution is 0.101. The highest BCUT2D eigenvalue weighted by molar-refractivity contribution is 5.95. The minimum Gasteiger partial charge on any atom is -0.364 e. The number of Topliss-reactive ketones (excluding diaryl/α,β-unsaturated/α-hetero) is 1. The molecule has 1 aromatic carbocycles. The van der Waals surface area contributed by atoms with Crippen LogP contribution in [-0.2, 0) is 6.54 Å². The SMILES string of the molecule is CC(=O)c1cccc(Nc2cc(NCc3ccccn3)nc(C)n2)c1. The number of carbonyl (C=O) groups is 1. The second-order valence-corrected chi connectivity index (χ2v) is 5.62. The Kier molecular flexibility index (Phi) is 4.99. The van der Waals surface area contributed by atoms with Crippen LogP contribution >= 0.6 is 0 Å².